The highest BCUT2D eigenvalue weighted by Gasteiger charge is 2.34. The Labute approximate surface area is 152 Å². The van der Waals surface area contributed by atoms with Crippen LogP contribution in [-0.4, -0.2) is 23.1 Å². The van der Waals surface area contributed by atoms with Gasteiger partial charge in [0, 0.05) is 31.2 Å². The number of nitro benzene ring substituents is 1. The fourth-order valence-corrected chi connectivity index (χ4v) is 3.05. The van der Waals surface area contributed by atoms with Gasteiger partial charge < -0.3 is 10.0 Å². The molecule has 5 nitrogen and oxygen atoms in total. The van der Waals surface area contributed by atoms with E-state index in [0.29, 0.717) is 30.8 Å². The van der Waals surface area contributed by atoms with Crippen molar-refractivity contribution < 1.29 is 13.7 Å². The number of hydrogen-bond donors (Lipinski definition) is 2. The molecular formula is C17H27F2N3O2S. The van der Waals surface area contributed by atoms with Crippen molar-refractivity contribution in [2.24, 2.45) is 5.92 Å². The largest absolute Gasteiger partial charge is 0.379 e. The number of nitrogens with zero attached hydrogens (tertiary/aromatic N) is 1. The zero-order valence-electron chi connectivity index (χ0n) is 15.0. The second-order valence-corrected chi connectivity index (χ2v) is 6.77. The maximum atomic E-state index is 13.1. The first-order valence-electron chi connectivity index (χ1n) is 8.69. The van der Waals surface area contributed by atoms with Crippen molar-refractivity contribution in [1.82, 2.24) is 0 Å². The summed E-state index contributed by atoms with van der Waals surface area (Å²) in [6, 6.07) is 4.92. The number of rotatable bonds is 7. The van der Waals surface area contributed by atoms with E-state index in [-0.39, 0.29) is 24.4 Å². The van der Waals surface area contributed by atoms with E-state index in [9.17, 15) is 18.9 Å². The lowest BCUT2D eigenvalue weighted by Gasteiger charge is -2.28. The Bertz CT molecular complexity index is 549. The van der Waals surface area contributed by atoms with Crippen LogP contribution in [0.2, 0.25) is 0 Å². The summed E-state index contributed by atoms with van der Waals surface area (Å²) in [6.07, 6.45) is 0.693. The minimum Gasteiger partial charge on any atom is -0.379 e. The van der Waals surface area contributed by atoms with Gasteiger partial charge in [-0.05, 0) is 30.9 Å². The Morgan fingerprint density at radius 1 is 1.32 bits per heavy atom. The summed E-state index contributed by atoms with van der Waals surface area (Å²) in [4.78, 5) is 10.8. The van der Waals surface area contributed by atoms with Crippen molar-refractivity contribution in [1.29, 1.82) is 0 Å². The average Bonchev–Trinajstić information content (AvgIpc) is 2.61. The van der Waals surface area contributed by atoms with Crippen LogP contribution < -0.4 is 10.0 Å². The molecule has 0 amide bonds. The molecular weight excluding hydrogens is 348 g/mol. The monoisotopic (exact) mass is 375 g/mol. The summed E-state index contributed by atoms with van der Waals surface area (Å²) in [6.45, 7) is 6.46. The highest BCUT2D eigenvalue weighted by atomic mass is 32.2. The molecule has 0 aliphatic heterocycles. The summed E-state index contributed by atoms with van der Waals surface area (Å²) in [7, 11) is 0. The maximum Gasteiger partial charge on any atom is 0.294 e. The Kier molecular flexibility index (Phi) is 8.96. The zero-order valence-corrected chi connectivity index (χ0v) is 15.8. The normalized spacial score (nSPS) is 16.5. The zero-order chi connectivity index (χ0) is 18.9. The fourth-order valence-electron chi connectivity index (χ4n) is 2.61. The second-order valence-electron chi connectivity index (χ2n) is 5.70. The van der Waals surface area contributed by atoms with E-state index in [1.807, 2.05) is 20.8 Å². The first-order chi connectivity index (χ1) is 11.9. The van der Waals surface area contributed by atoms with E-state index in [2.05, 4.69) is 10.0 Å². The summed E-state index contributed by atoms with van der Waals surface area (Å²) in [5.41, 5.74) is 1.10. The van der Waals surface area contributed by atoms with Crippen LogP contribution in [0.25, 0.3) is 0 Å². The van der Waals surface area contributed by atoms with Gasteiger partial charge in [-0.25, -0.2) is 8.78 Å². The van der Waals surface area contributed by atoms with Crippen LogP contribution in [-0.2, 0) is 0 Å². The van der Waals surface area contributed by atoms with Gasteiger partial charge in [-0.2, -0.15) is 0 Å². The van der Waals surface area contributed by atoms with Crippen LogP contribution in [0.5, 0.6) is 0 Å². The Morgan fingerprint density at radius 3 is 2.52 bits per heavy atom. The van der Waals surface area contributed by atoms with Gasteiger partial charge in [0.1, 0.15) is 5.69 Å². The third-order valence-corrected chi connectivity index (χ3v) is 4.62. The quantitative estimate of drug-likeness (QED) is 0.351. The molecule has 1 saturated carbocycles. The van der Waals surface area contributed by atoms with Gasteiger partial charge in [0.15, 0.2) is 0 Å². The maximum absolute atomic E-state index is 13.1. The van der Waals surface area contributed by atoms with E-state index in [4.69, 9.17) is 0 Å². The molecule has 1 fully saturated rings. The van der Waals surface area contributed by atoms with Crippen LogP contribution in [0.4, 0.5) is 25.8 Å². The van der Waals surface area contributed by atoms with Crippen LogP contribution in [0.15, 0.2) is 18.2 Å². The summed E-state index contributed by atoms with van der Waals surface area (Å²) in [5, 5.41) is 14.3. The molecule has 8 heteroatoms. The van der Waals surface area contributed by atoms with E-state index >= 15 is 0 Å². The van der Waals surface area contributed by atoms with Gasteiger partial charge in [-0.15, -0.1) is 0 Å². The first kappa shape index (κ1) is 21.5. The van der Waals surface area contributed by atoms with Crippen LogP contribution in [0.1, 0.15) is 46.5 Å². The summed E-state index contributed by atoms with van der Waals surface area (Å²) < 4.78 is 29.3. The van der Waals surface area contributed by atoms with Crippen molar-refractivity contribution in [3.8, 4) is 0 Å². The molecule has 2 N–H and O–H groups in total. The molecule has 0 atom stereocenters. The van der Waals surface area contributed by atoms with Gasteiger partial charge in [0.2, 0.25) is 5.92 Å². The predicted molar refractivity (Wildman–Crippen MR) is 102 cm³/mol. The number of alkyl halides is 2. The molecule has 142 valence electrons. The molecule has 1 aromatic rings. The molecule has 1 aliphatic rings. The lowest BCUT2D eigenvalue weighted by molar-refractivity contribution is -0.383. The topological polar surface area (TPSA) is 67.2 Å². The molecule has 0 spiro atoms. The van der Waals surface area contributed by atoms with Crippen molar-refractivity contribution >= 4 is 29.0 Å². The highest BCUT2D eigenvalue weighted by molar-refractivity contribution is 8.00. The summed E-state index contributed by atoms with van der Waals surface area (Å²) in [5.74, 6) is -1.57. The molecule has 2 rings (SSSR count). The van der Waals surface area contributed by atoms with Crippen molar-refractivity contribution in [2.75, 3.05) is 22.3 Å². The third kappa shape index (κ3) is 7.05. The molecule has 0 heterocycles. The first-order valence-corrected chi connectivity index (χ1v) is 9.68. The average molecular weight is 375 g/mol. The van der Waals surface area contributed by atoms with Gasteiger partial charge in [-0.3, -0.25) is 10.1 Å². The number of nitro groups is 1. The Morgan fingerprint density at radius 2 is 1.96 bits per heavy atom. The molecule has 0 radical (unpaired) electrons. The number of benzene rings is 1. The Balaban J connectivity index is 0.00000151. The van der Waals surface area contributed by atoms with Crippen LogP contribution in [0.3, 0.4) is 0 Å². The number of halogens is 2. The van der Waals surface area contributed by atoms with Crippen molar-refractivity contribution in [2.45, 2.75) is 52.4 Å². The highest BCUT2D eigenvalue weighted by Crippen LogP contribution is 2.36. The summed E-state index contributed by atoms with van der Waals surface area (Å²) >= 11 is 1.46. The predicted octanol–water partition coefficient (Wildman–Crippen LogP) is 5.94. The molecule has 0 aromatic heterocycles. The van der Waals surface area contributed by atoms with Crippen molar-refractivity contribution in [3.63, 3.8) is 0 Å². The van der Waals surface area contributed by atoms with Crippen LogP contribution >= 0.6 is 11.9 Å². The van der Waals surface area contributed by atoms with E-state index in [0.717, 1.165) is 5.75 Å². The standard InChI is InChI=1S/C15H21F2N3O2S.C2H6/c1-2-23-19-12-3-4-13(14(9-12)20(21)22)18-10-11-5-7-15(16,17)8-6-11;1-2/h3-4,9,11,18-19H,2,5-8,10H2,1H3;1-2H3. The SMILES string of the molecule is CC.CCSNc1ccc(NCC2CCC(F)(F)CC2)c([N+](=O)[O-])c1. The minimum atomic E-state index is -2.55. The van der Waals surface area contributed by atoms with Crippen molar-refractivity contribution in [3.05, 3.63) is 28.3 Å². The molecule has 1 aromatic carbocycles. The number of anilines is 2. The van der Waals surface area contributed by atoms with E-state index < -0.39 is 10.8 Å². The molecule has 1 aliphatic carbocycles. The second kappa shape index (κ2) is 10.4. The smallest absolute Gasteiger partial charge is 0.294 e. The minimum absolute atomic E-state index is 0.00663. The van der Waals surface area contributed by atoms with E-state index in [1.54, 1.807) is 12.1 Å². The van der Waals surface area contributed by atoms with Gasteiger partial charge in [0.05, 0.1) is 10.6 Å². The third-order valence-electron chi connectivity index (χ3n) is 3.95. The lowest BCUT2D eigenvalue weighted by atomic mass is 9.87. The molecule has 0 saturated heterocycles. The van der Waals surface area contributed by atoms with Gasteiger partial charge >= 0.3 is 0 Å². The Hall–Kier alpha value is -1.57. The van der Waals surface area contributed by atoms with Gasteiger partial charge in [0.25, 0.3) is 5.69 Å². The molecule has 25 heavy (non-hydrogen) atoms. The van der Waals surface area contributed by atoms with Crippen LogP contribution in [0, 0.1) is 16.0 Å². The van der Waals surface area contributed by atoms with Gasteiger partial charge in [-0.1, -0.05) is 32.7 Å². The lowest BCUT2D eigenvalue weighted by Crippen LogP contribution is -2.28. The fraction of sp³-hybridized carbons (Fsp3) is 0.647. The molecule has 0 unspecified atom stereocenters. The number of nitrogens with one attached hydrogen (secondary N) is 2. The molecule has 0 bridgehead atoms. The number of hydrogen-bond acceptors (Lipinski definition) is 5. The van der Waals surface area contributed by atoms with E-state index in [1.165, 1.54) is 18.0 Å².